The number of aromatic nitrogens is 1. The van der Waals surface area contributed by atoms with Crippen molar-refractivity contribution in [2.45, 2.75) is 33.1 Å². The van der Waals surface area contributed by atoms with Crippen LogP contribution in [0.15, 0.2) is 34.6 Å². The fraction of sp³-hybridized carbons (Fsp3) is 0.444. The van der Waals surface area contributed by atoms with Crippen molar-refractivity contribution in [1.29, 1.82) is 0 Å². The molecule has 1 aromatic carbocycles. The number of hydrogen-bond acceptors (Lipinski definition) is 4. The third-order valence-corrected chi connectivity index (χ3v) is 4.26. The first kappa shape index (κ1) is 24.5. The highest BCUT2D eigenvalue weighted by Crippen LogP contribution is 2.29. The van der Waals surface area contributed by atoms with E-state index in [1.807, 2.05) is 24.3 Å². The third-order valence-electron chi connectivity index (χ3n) is 3.41. The van der Waals surface area contributed by atoms with Gasteiger partial charge in [0.15, 0.2) is 11.7 Å². The van der Waals surface area contributed by atoms with Crippen LogP contribution in [0.3, 0.4) is 0 Å². The molecule has 5 nitrogen and oxygen atoms in total. The Bertz CT molecular complexity index is 765. The molecule has 0 unspecified atom stereocenters. The minimum absolute atomic E-state index is 0. The fourth-order valence-electron chi connectivity index (χ4n) is 2.10. The van der Waals surface area contributed by atoms with Crippen LogP contribution in [-0.4, -0.2) is 24.6 Å². The SMILES string of the molecule is CN=C(NCc1cccc(OCC(C)C)c1)NCc1nc(C(F)(F)F)cs1.I. The van der Waals surface area contributed by atoms with E-state index in [1.54, 1.807) is 7.05 Å². The average Bonchev–Trinajstić information content (AvgIpc) is 3.10. The molecule has 2 aromatic rings. The Morgan fingerprint density at radius 2 is 1.96 bits per heavy atom. The molecular weight excluding hydrogens is 504 g/mol. The maximum atomic E-state index is 12.6. The number of thiazole rings is 1. The van der Waals surface area contributed by atoms with Crippen LogP contribution >= 0.6 is 35.3 Å². The third kappa shape index (κ3) is 8.21. The summed E-state index contributed by atoms with van der Waals surface area (Å²) in [6, 6.07) is 7.72. The van der Waals surface area contributed by atoms with Gasteiger partial charge in [-0.05, 0) is 23.6 Å². The molecule has 1 heterocycles. The highest BCUT2D eigenvalue weighted by molar-refractivity contribution is 14.0. The molecule has 0 aliphatic carbocycles. The Balaban J connectivity index is 0.00000392. The molecule has 156 valence electrons. The van der Waals surface area contributed by atoms with Crippen molar-refractivity contribution in [2.24, 2.45) is 10.9 Å². The van der Waals surface area contributed by atoms with Gasteiger partial charge >= 0.3 is 6.18 Å². The highest BCUT2D eigenvalue weighted by Gasteiger charge is 2.33. The van der Waals surface area contributed by atoms with E-state index in [0.717, 1.165) is 28.0 Å². The molecule has 0 bridgehead atoms. The van der Waals surface area contributed by atoms with Gasteiger partial charge in [-0.2, -0.15) is 13.2 Å². The van der Waals surface area contributed by atoms with Crippen LogP contribution in [0.2, 0.25) is 0 Å². The van der Waals surface area contributed by atoms with Gasteiger partial charge in [-0.1, -0.05) is 26.0 Å². The summed E-state index contributed by atoms with van der Waals surface area (Å²) in [7, 11) is 1.60. The largest absolute Gasteiger partial charge is 0.493 e. The molecule has 10 heteroatoms. The number of guanidine groups is 1. The first-order chi connectivity index (χ1) is 12.8. The summed E-state index contributed by atoms with van der Waals surface area (Å²) in [5, 5.41) is 7.44. The van der Waals surface area contributed by atoms with E-state index in [9.17, 15) is 13.2 Å². The summed E-state index contributed by atoms with van der Waals surface area (Å²) in [4.78, 5) is 7.66. The van der Waals surface area contributed by atoms with Gasteiger partial charge in [0.05, 0.1) is 13.2 Å². The Morgan fingerprint density at radius 3 is 2.57 bits per heavy atom. The van der Waals surface area contributed by atoms with Gasteiger partial charge < -0.3 is 15.4 Å². The molecule has 28 heavy (non-hydrogen) atoms. The summed E-state index contributed by atoms with van der Waals surface area (Å²) in [5.41, 5.74) is 0.137. The zero-order chi connectivity index (χ0) is 19.9. The number of rotatable bonds is 7. The van der Waals surface area contributed by atoms with Crippen LogP contribution in [0.25, 0.3) is 0 Å². The monoisotopic (exact) mass is 528 g/mol. The summed E-state index contributed by atoms with van der Waals surface area (Å²) < 4.78 is 43.5. The Labute approximate surface area is 183 Å². The predicted octanol–water partition coefficient (Wildman–Crippen LogP) is 4.68. The van der Waals surface area contributed by atoms with Crippen molar-refractivity contribution in [3.05, 3.63) is 45.9 Å². The maximum Gasteiger partial charge on any atom is 0.434 e. The molecule has 0 aliphatic heterocycles. The number of nitrogens with one attached hydrogen (secondary N) is 2. The van der Waals surface area contributed by atoms with Gasteiger partial charge in [0.2, 0.25) is 0 Å². The lowest BCUT2D eigenvalue weighted by molar-refractivity contribution is -0.140. The van der Waals surface area contributed by atoms with Crippen molar-refractivity contribution in [3.8, 4) is 5.75 Å². The molecule has 0 fully saturated rings. The van der Waals surface area contributed by atoms with Gasteiger partial charge in [-0.25, -0.2) is 4.98 Å². The summed E-state index contributed by atoms with van der Waals surface area (Å²) >= 11 is 0.960. The van der Waals surface area contributed by atoms with Crippen LogP contribution in [0.4, 0.5) is 13.2 Å². The van der Waals surface area contributed by atoms with E-state index in [2.05, 4.69) is 34.5 Å². The Hall–Kier alpha value is -1.56. The fourth-order valence-corrected chi connectivity index (χ4v) is 2.84. The minimum atomic E-state index is -4.42. The smallest absolute Gasteiger partial charge is 0.434 e. The second-order valence-corrected chi connectivity index (χ2v) is 7.20. The molecule has 0 aliphatic rings. The van der Waals surface area contributed by atoms with Crippen LogP contribution in [0.5, 0.6) is 5.75 Å². The number of nitrogens with zero attached hydrogens (tertiary/aromatic N) is 2. The standard InChI is InChI=1S/C18H23F3N4OS.HI/c1-12(2)10-26-14-6-4-5-13(7-14)8-23-17(22-3)24-9-16-25-15(11-27-16)18(19,20)21;/h4-7,11-12H,8-10H2,1-3H3,(H2,22,23,24);1H. The van der Waals surface area contributed by atoms with Crippen molar-refractivity contribution in [2.75, 3.05) is 13.7 Å². The summed E-state index contributed by atoms with van der Waals surface area (Å²) in [6.45, 7) is 5.48. The van der Waals surface area contributed by atoms with Crippen LogP contribution in [0.1, 0.15) is 30.1 Å². The van der Waals surface area contributed by atoms with E-state index < -0.39 is 11.9 Å². The number of alkyl halides is 3. The number of halogens is 4. The number of hydrogen-bond donors (Lipinski definition) is 2. The van der Waals surface area contributed by atoms with Crippen LogP contribution in [-0.2, 0) is 19.3 Å². The van der Waals surface area contributed by atoms with Crippen molar-refractivity contribution in [3.63, 3.8) is 0 Å². The van der Waals surface area contributed by atoms with Crippen molar-refractivity contribution in [1.82, 2.24) is 15.6 Å². The highest BCUT2D eigenvalue weighted by atomic mass is 127. The van der Waals surface area contributed by atoms with E-state index in [-0.39, 0.29) is 30.5 Å². The van der Waals surface area contributed by atoms with E-state index in [1.165, 1.54) is 0 Å². The molecular formula is C18H24F3IN4OS. The molecule has 0 amide bonds. The first-order valence-corrected chi connectivity index (χ1v) is 9.33. The molecule has 0 spiro atoms. The topological polar surface area (TPSA) is 58.5 Å². The quantitative estimate of drug-likeness (QED) is 0.312. The van der Waals surface area contributed by atoms with E-state index >= 15 is 0 Å². The zero-order valence-corrected chi connectivity index (χ0v) is 19.0. The molecule has 2 N–H and O–H groups in total. The number of aliphatic imine (C=N–C) groups is 1. The summed E-state index contributed by atoms with van der Waals surface area (Å²) in [6.07, 6.45) is -4.42. The Morgan fingerprint density at radius 1 is 1.25 bits per heavy atom. The lowest BCUT2D eigenvalue weighted by Gasteiger charge is -2.13. The molecule has 1 aromatic heterocycles. The van der Waals surface area contributed by atoms with E-state index in [0.29, 0.717) is 30.0 Å². The number of ether oxygens (including phenoxy) is 1. The first-order valence-electron chi connectivity index (χ1n) is 8.45. The maximum absolute atomic E-state index is 12.6. The molecule has 0 radical (unpaired) electrons. The summed E-state index contributed by atoms with van der Waals surface area (Å²) in [5.74, 6) is 1.72. The molecule has 0 saturated heterocycles. The van der Waals surface area contributed by atoms with Gasteiger partial charge in [-0.3, -0.25) is 4.99 Å². The minimum Gasteiger partial charge on any atom is -0.493 e. The lowest BCUT2D eigenvalue weighted by atomic mass is 10.2. The average molecular weight is 528 g/mol. The van der Waals surface area contributed by atoms with Crippen molar-refractivity contribution >= 4 is 41.3 Å². The van der Waals surface area contributed by atoms with Gasteiger partial charge in [-0.15, -0.1) is 35.3 Å². The zero-order valence-electron chi connectivity index (χ0n) is 15.8. The number of benzene rings is 1. The van der Waals surface area contributed by atoms with E-state index in [4.69, 9.17) is 4.74 Å². The second-order valence-electron chi connectivity index (χ2n) is 6.26. The van der Waals surface area contributed by atoms with Gasteiger partial charge in [0.1, 0.15) is 10.8 Å². The second kappa shape index (κ2) is 11.4. The normalized spacial score (nSPS) is 11.9. The van der Waals surface area contributed by atoms with Crippen LogP contribution < -0.4 is 15.4 Å². The van der Waals surface area contributed by atoms with Gasteiger partial charge in [0, 0.05) is 19.0 Å². The van der Waals surface area contributed by atoms with Crippen LogP contribution in [0, 0.1) is 5.92 Å². The van der Waals surface area contributed by atoms with Gasteiger partial charge in [0.25, 0.3) is 0 Å². The predicted molar refractivity (Wildman–Crippen MR) is 116 cm³/mol. The van der Waals surface area contributed by atoms with Crippen molar-refractivity contribution < 1.29 is 17.9 Å². The lowest BCUT2D eigenvalue weighted by Crippen LogP contribution is -2.36. The molecule has 2 rings (SSSR count). The molecule has 0 atom stereocenters. The Kier molecular flexibility index (Phi) is 10.0. The molecule has 0 saturated carbocycles.